The van der Waals surface area contributed by atoms with Crippen LogP contribution in [0.15, 0.2) is 81.9 Å². The summed E-state index contributed by atoms with van der Waals surface area (Å²) in [4.78, 5) is 0. The Morgan fingerprint density at radius 1 is 1.00 bits per heavy atom. The second kappa shape index (κ2) is 9.25. The highest BCUT2D eigenvalue weighted by atomic mass is 79.9. The van der Waals surface area contributed by atoms with E-state index in [-0.39, 0.29) is 0 Å². The van der Waals surface area contributed by atoms with Crippen LogP contribution in [-0.2, 0) is 16.6 Å². The zero-order valence-corrected chi connectivity index (χ0v) is 21.0. The predicted molar refractivity (Wildman–Crippen MR) is 134 cm³/mol. The summed E-state index contributed by atoms with van der Waals surface area (Å²) in [6.45, 7) is 0.394. The first kappa shape index (κ1) is 22.8. The number of ether oxygens (including phenoxy) is 1. The molecule has 166 valence electrons. The first-order chi connectivity index (χ1) is 15.3. The summed E-state index contributed by atoms with van der Waals surface area (Å²) in [5, 5.41) is 2.15. The van der Waals surface area contributed by atoms with Crippen LogP contribution in [-0.4, -0.2) is 26.1 Å². The van der Waals surface area contributed by atoms with Gasteiger partial charge in [0.1, 0.15) is 5.75 Å². The molecule has 0 saturated heterocycles. The van der Waals surface area contributed by atoms with E-state index >= 15 is 0 Å². The Balaban J connectivity index is 1.77. The number of anilines is 1. The van der Waals surface area contributed by atoms with Gasteiger partial charge in [-0.2, -0.15) is 0 Å². The summed E-state index contributed by atoms with van der Waals surface area (Å²) < 4.78 is 48.4. The second-order valence-corrected chi connectivity index (χ2v) is 10.6. The lowest BCUT2D eigenvalue weighted by Crippen LogP contribution is -2.26. The van der Waals surface area contributed by atoms with Gasteiger partial charge in [0, 0.05) is 49.6 Å². The van der Waals surface area contributed by atoms with Gasteiger partial charge in [0.05, 0.1) is 12.8 Å². The molecule has 1 heterocycles. The van der Waals surface area contributed by atoms with Crippen molar-refractivity contribution in [3.8, 4) is 5.75 Å². The second-order valence-electron chi connectivity index (χ2n) is 7.04. The van der Waals surface area contributed by atoms with E-state index in [1.54, 1.807) is 30.3 Å². The minimum Gasteiger partial charge on any atom is -0.497 e. The van der Waals surface area contributed by atoms with Gasteiger partial charge in [0.25, 0.3) is 10.0 Å². The summed E-state index contributed by atoms with van der Waals surface area (Å²) in [5.74, 6) is 0.480. The molecule has 5 nitrogen and oxygen atoms in total. The third-order valence-electron chi connectivity index (χ3n) is 5.06. The number of fused-ring (bicyclic) bond motifs is 3. The van der Waals surface area contributed by atoms with Gasteiger partial charge >= 0.3 is 0 Å². The molecule has 0 bridgehead atoms. The average molecular weight is 582 g/mol. The molecular formula is C23H19Br2FN2O3S. The molecule has 3 aromatic carbocycles. The molecule has 0 radical (unpaired) electrons. The molecular weight excluding hydrogens is 563 g/mol. The van der Waals surface area contributed by atoms with Crippen molar-refractivity contribution in [2.45, 2.75) is 6.54 Å². The monoisotopic (exact) mass is 580 g/mol. The van der Waals surface area contributed by atoms with E-state index in [1.807, 2.05) is 24.3 Å². The van der Waals surface area contributed by atoms with Crippen LogP contribution in [0.2, 0.25) is 0 Å². The first-order valence-electron chi connectivity index (χ1n) is 9.60. The van der Waals surface area contributed by atoms with E-state index in [0.29, 0.717) is 18.0 Å². The molecule has 0 aliphatic carbocycles. The Hall–Kier alpha value is -2.36. The predicted octanol–water partition coefficient (Wildman–Crippen LogP) is 6.61. The van der Waals surface area contributed by atoms with Crippen LogP contribution in [0.3, 0.4) is 0 Å². The number of hydrogen-bond donors (Lipinski definition) is 0. The SMILES string of the molecule is COc1cccc(N(/C=C/Cn2c3ccc(Br)cc3c3cc(Br)ccc32)S(=O)(=O)CF)c1. The summed E-state index contributed by atoms with van der Waals surface area (Å²) in [6.07, 6.45) is 3.09. The lowest BCUT2D eigenvalue weighted by atomic mass is 10.2. The van der Waals surface area contributed by atoms with Crippen LogP contribution in [0.4, 0.5) is 10.1 Å². The highest BCUT2D eigenvalue weighted by Crippen LogP contribution is 2.33. The topological polar surface area (TPSA) is 51.5 Å². The number of benzene rings is 3. The molecule has 0 spiro atoms. The molecule has 0 saturated carbocycles. The molecule has 4 rings (SSSR count). The third kappa shape index (κ3) is 4.42. The van der Waals surface area contributed by atoms with E-state index in [9.17, 15) is 12.8 Å². The quantitative estimate of drug-likeness (QED) is 0.247. The normalized spacial score (nSPS) is 12.1. The van der Waals surface area contributed by atoms with Gasteiger partial charge in [-0.05, 0) is 54.6 Å². The van der Waals surface area contributed by atoms with E-state index < -0.39 is 16.0 Å². The number of halogens is 3. The Morgan fingerprint density at radius 2 is 1.62 bits per heavy atom. The van der Waals surface area contributed by atoms with Crippen molar-refractivity contribution in [2.24, 2.45) is 0 Å². The largest absolute Gasteiger partial charge is 0.497 e. The van der Waals surface area contributed by atoms with Crippen LogP contribution >= 0.6 is 31.9 Å². The van der Waals surface area contributed by atoms with Crippen LogP contribution in [0.25, 0.3) is 21.8 Å². The van der Waals surface area contributed by atoms with Crippen LogP contribution in [0.5, 0.6) is 5.75 Å². The molecule has 0 unspecified atom stereocenters. The van der Waals surface area contributed by atoms with Crippen molar-refractivity contribution in [1.29, 1.82) is 0 Å². The molecule has 0 amide bonds. The summed E-state index contributed by atoms with van der Waals surface area (Å²) in [7, 11) is -2.68. The zero-order chi connectivity index (χ0) is 22.9. The third-order valence-corrected chi connectivity index (χ3v) is 7.26. The molecule has 4 aromatic rings. The maximum atomic E-state index is 13.4. The van der Waals surface area contributed by atoms with Crippen molar-refractivity contribution in [3.05, 3.63) is 81.9 Å². The van der Waals surface area contributed by atoms with Gasteiger partial charge in [-0.15, -0.1) is 0 Å². The number of rotatable bonds is 7. The fourth-order valence-corrected chi connectivity index (χ4v) is 5.17. The first-order valence-corrected chi connectivity index (χ1v) is 12.8. The van der Waals surface area contributed by atoms with Crippen molar-refractivity contribution in [3.63, 3.8) is 0 Å². The summed E-state index contributed by atoms with van der Waals surface area (Å²) in [5.41, 5.74) is 2.31. The lowest BCUT2D eigenvalue weighted by Gasteiger charge is -2.19. The van der Waals surface area contributed by atoms with Gasteiger partial charge in [-0.25, -0.2) is 17.1 Å². The maximum Gasteiger partial charge on any atom is 0.268 e. The highest BCUT2D eigenvalue weighted by molar-refractivity contribution is 9.10. The molecule has 1 aromatic heterocycles. The van der Waals surface area contributed by atoms with Crippen molar-refractivity contribution in [1.82, 2.24) is 4.57 Å². The van der Waals surface area contributed by atoms with Crippen LogP contribution in [0, 0.1) is 0 Å². The molecule has 0 fully saturated rings. The Bertz CT molecular complexity index is 1370. The van der Waals surface area contributed by atoms with E-state index in [2.05, 4.69) is 48.6 Å². The van der Waals surface area contributed by atoms with Crippen molar-refractivity contribution >= 4 is 69.4 Å². The summed E-state index contributed by atoms with van der Waals surface area (Å²) >= 11 is 7.06. The molecule has 0 atom stereocenters. The Labute approximate surface area is 202 Å². The highest BCUT2D eigenvalue weighted by Gasteiger charge is 2.21. The molecule has 0 aliphatic rings. The van der Waals surface area contributed by atoms with Gasteiger partial charge in [0.2, 0.25) is 6.01 Å². The Morgan fingerprint density at radius 3 is 2.19 bits per heavy atom. The van der Waals surface area contributed by atoms with Crippen LogP contribution < -0.4 is 9.04 Å². The number of sulfonamides is 1. The fourth-order valence-electron chi connectivity index (χ4n) is 3.63. The van der Waals surface area contributed by atoms with Crippen molar-refractivity contribution in [2.75, 3.05) is 17.4 Å². The van der Waals surface area contributed by atoms with Gasteiger partial charge < -0.3 is 9.30 Å². The minimum atomic E-state index is -4.17. The number of allylic oxidation sites excluding steroid dienone is 1. The number of alkyl halides is 1. The van der Waals surface area contributed by atoms with Crippen molar-refractivity contribution < 1.29 is 17.5 Å². The standard InChI is InChI=1S/C23H19Br2FN2O3S/c1-31-19-5-2-4-18(14-19)28(32(29,30)15-26)11-3-10-27-22-8-6-16(24)12-20(22)21-13-17(25)7-9-23(21)27/h2-9,11-14H,10,15H2,1H3/b11-3+. The number of nitrogens with zero attached hydrogens (tertiary/aromatic N) is 2. The fraction of sp³-hybridized carbons (Fsp3) is 0.130. The van der Waals surface area contributed by atoms with E-state index in [1.165, 1.54) is 13.3 Å². The number of aromatic nitrogens is 1. The smallest absolute Gasteiger partial charge is 0.268 e. The molecule has 9 heteroatoms. The lowest BCUT2D eigenvalue weighted by molar-refractivity contribution is 0.415. The molecule has 0 aliphatic heterocycles. The Kier molecular flexibility index (Phi) is 6.60. The van der Waals surface area contributed by atoms with E-state index in [4.69, 9.17) is 4.74 Å². The maximum absolute atomic E-state index is 13.4. The number of methoxy groups -OCH3 is 1. The van der Waals surface area contributed by atoms with E-state index in [0.717, 1.165) is 35.1 Å². The van der Waals surface area contributed by atoms with Gasteiger partial charge in [0.15, 0.2) is 0 Å². The zero-order valence-electron chi connectivity index (χ0n) is 17.0. The van der Waals surface area contributed by atoms with Crippen LogP contribution in [0.1, 0.15) is 0 Å². The van der Waals surface area contributed by atoms with Gasteiger partial charge in [-0.1, -0.05) is 37.9 Å². The number of hydrogen-bond acceptors (Lipinski definition) is 3. The molecule has 0 N–H and O–H groups in total. The minimum absolute atomic E-state index is 0.299. The van der Waals surface area contributed by atoms with Gasteiger partial charge in [-0.3, -0.25) is 0 Å². The molecule has 32 heavy (non-hydrogen) atoms. The average Bonchev–Trinajstić information content (AvgIpc) is 3.08. The summed E-state index contributed by atoms with van der Waals surface area (Å²) in [6, 6.07) is 17.1.